The standard InChI is InChI=1S/C21H21NO6/c1-26-17-10-9-14(13-18(17)27-2)21(25)28-12-6-5-11-22-19(23)15-7-3-4-8-16(15)20(22)24/h3-4,7-10,13H,5-6,11-12H2,1-2H3. The van der Waals surface area contributed by atoms with Crippen molar-refractivity contribution in [2.75, 3.05) is 27.4 Å². The number of ether oxygens (including phenoxy) is 3. The van der Waals surface area contributed by atoms with Gasteiger partial charge in [0.2, 0.25) is 0 Å². The van der Waals surface area contributed by atoms with Crippen LogP contribution in [0.3, 0.4) is 0 Å². The minimum Gasteiger partial charge on any atom is -0.493 e. The topological polar surface area (TPSA) is 82.1 Å². The first-order chi connectivity index (χ1) is 13.6. The van der Waals surface area contributed by atoms with E-state index in [0.29, 0.717) is 47.6 Å². The third-order valence-corrected chi connectivity index (χ3v) is 4.51. The molecule has 1 aliphatic heterocycles. The smallest absolute Gasteiger partial charge is 0.338 e. The second kappa shape index (κ2) is 8.56. The van der Waals surface area contributed by atoms with Crippen LogP contribution in [0.25, 0.3) is 0 Å². The molecule has 0 unspecified atom stereocenters. The summed E-state index contributed by atoms with van der Waals surface area (Å²) in [5, 5.41) is 0. The minimum absolute atomic E-state index is 0.191. The number of fused-ring (bicyclic) bond motifs is 1. The van der Waals surface area contributed by atoms with E-state index in [1.807, 2.05) is 0 Å². The summed E-state index contributed by atoms with van der Waals surface area (Å²) < 4.78 is 15.6. The molecule has 7 nitrogen and oxygen atoms in total. The van der Waals surface area contributed by atoms with Gasteiger partial charge in [-0.1, -0.05) is 12.1 Å². The number of carbonyl (C=O) groups is 3. The second-order valence-electron chi connectivity index (χ2n) is 6.22. The van der Waals surface area contributed by atoms with Crippen molar-refractivity contribution in [3.05, 3.63) is 59.2 Å². The van der Waals surface area contributed by atoms with Crippen LogP contribution in [0.1, 0.15) is 43.9 Å². The first kappa shape index (κ1) is 19.4. The van der Waals surface area contributed by atoms with Gasteiger partial charge in [-0.05, 0) is 43.2 Å². The maximum Gasteiger partial charge on any atom is 0.338 e. The van der Waals surface area contributed by atoms with Crippen LogP contribution in [0, 0.1) is 0 Å². The molecule has 7 heteroatoms. The Hall–Kier alpha value is -3.35. The predicted octanol–water partition coefficient (Wildman–Crippen LogP) is 2.94. The van der Waals surface area contributed by atoms with Crippen LogP contribution in [0.5, 0.6) is 11.5 Å². The molecule has 0 N–H and O–H groups in total. The Bertz CT molecular complexity index is 873. The maximum absolute atomic E-state index is 12.3. The summed E-state index contributed by atoms with van der Waals surface area (Å²) in [5.41, 5.74) is 1.23. The zero-order valence-corrected chi connectivity index (χ0v) is 15.8. The zero-order valence-electron chi connectivity index (χ0n) is 15.8. The Labute approximate surface area is 162 Å². The highest BCUT2D eigenvalue weighted by Crippen LogP contribution is 2.28. The van der Waals surface area contributed by atoms with Gasteiger partial charge >= 0.3 is 5.97 Å². The number of nitrogens with zero attached hydrogens (tertiary/aromatic N) is 1. The lowest BCUT2D eigenvalue weighted by atomic mass is 10.1. The maximum atomic E-state index is 12.3. The molecule has 3 rings (SSSR count). The van der Waals surface area contributed by atoms with E-state index in [1.54, 1.807) is 42.5 Å². The van der Waals surface area contributed by atoms with Crippen molar-refractivity contribution in [3.63, 3.8) is 0 Å². The molecule has 1 heterocycles. The number of amides is 2. The van der Waals surface area contributed by atoms with Gasteiger partial charge in [0, 0.05) is 6.54 Å². The molecule has 0 radical (unpaired) electrons. The van der Waals surface area contributed by atoms with Crippen LogP contribution in [0.15, 0.2) is 42.5 Å². The Morgan fingerprint density at radius 2 is 1.54 bits per heavy atom. The second-order valence-corrected chi connectivity index (χ2v) is 6.22. The number of benzene rings is 2. The average Bonchev–Trinajstić information content (AvgIpc) is 2.97. The lowest BCUT2D eigenvalue weighted by molar-refractivity contribution is 0.0485. The molecule has 0 saturated carbocycles. The largest absolute Gasteiger partial charge is 0.493 e. The van der Waals surface area contributed by atoms with Crippen LogP contribution >= 0.6 is 0 Å². The van der Waals surface area contributed by atoms with Crippen molar-refractivity contribution in [1.82, 2.24) is 4.90 Å². The quantitative estimate of drug-likeness (QED) is 0.396. The average molecular weight is 383 g/mol. The highest BCUT2D eigenvalue weighted by Gasteiger charge is 2.34. The third kappa shape index (κ3) is 3.83. The molecule has 146 valence electrons. The number of carbonyl (C=O) groups excluding carboxylic acids is 3. The van der Waals surface area contributed by atoms with Gasteiger partial charge in [0.15, 0.2) is 11.5 Å². The van der Waals surface area contributed by atoms with Gasteiger partial charge in [-0.25, -0.2) is 4.79 Å². The van der Waals surface area contributed by atoms with Crippen molar-refractivity contribution in [3.8, 4) is 11.5 Å². The van der Waals surface area contributed by atoms with E-state index in [1.165, 1.54) is 19.1 Å². The molecule has 2 amide bonds. The number of imide groups is 1. The minimum atomic E-state index is -0.471. The van der Waals surface area contributed by atoms with E-state index in [9.17, 15) is 14.4 Å². The molecule has 0 bridgehead atoms. The van der Waals surface area contributed by atoms with Gasteiger partial charge in [-0.3, -0.25) is 14.5 Å². The van der Waals surface area contributed by atoms with Gasteiger partial charge in [0.1, 0.15) is 0 Å². The molecule has 2 aromatic rings. The van der Waals surface area contributed by atoms with E-state index in [4.69, 9.17) is 14.2 Å². The van der Waals surface area contributed by atoms with E-state index >= 15 is 0 Å². The highest BCUT2D eigenvalue weighted by molar-refractivity contribution is 6.21. The SMILES string of the molecule is COc1ccc(C(=O)OCCCCN2C(=O)c3ccccc3C2=O)cc1OC. The molecule has 0 spiro atoms. The van der Waals surface area contributed by atoms with Gasteiger partial charge < -0.3 is 14.2 Å². The zero-order chi connectivity index (χ0) is 20.1. The summed E-state index contributed by atoms with van der Waals surface area (Å²) in [7, 11) is 3.01. The fraction of sp³-hybridized carbons (Fsp3) is 0.286. The summed E-state index contributed by atoms with van der Waals surface area (Å²) in [6, 6.07) is 11.6. The Morgan fingerprint density at radius 1 is 0.893 bits per heavy atom. The van der Waals surface area contributed by atoms with Gasteiger partial charge in [0.25, 0.3) is 11.8 Å². The molecule has 0 fully saturated rings. The summed E-state index contributed by atoms with van der Waals surface area (Å²) in [6.07, 6.45) is 1.08. The van der Waals surface area contributed by atoms with Gasteiger partial charge in [0.05, 0.1) is 37.5 Å². The molecule has 2 aromatic carbocycles. The Morgan fingerprint density at radius 3 is 2.14 bits per heavy atom. The fourth-order valence-corrected chi connectivity index (χ4v) is 3.03. The lowest BCUT2D eigenvalue weighted by Gasteiger charge is -2.13. The van der Waals surface area contributed by atoms with Crippen molar-refractivity contribution < 1.29 is 28.6 Å². The summed E-state index contributed by atoms with van der Waals surface area (Å²) in [4.78, 5) is 37.9. The van der Waals surface area contributed by atoms with E-state index in [0.717, 1.165) is 0 Å². The molecular weight excluding hydrogens is 362 g/mol. The molecule has 1 aliphatic rings. The Balaban J connectivity index is 1.46. The summed E-state index contributed by atoms with van der Waals surface area (Å²) >= 11 is 0. The fourth-order valence-electron chi connectivity index (χ4n) is 3.03. The molecular formula is C21H21NO6. The molecule has 0 atom stereocenters. The molecule has 0 saturated heterocycles. The number of hydrogen-bond donors (Lipinski definition) is 0. The van der Waals surface area contributed by atoms with Crippen molar-refractivity contribution in [1.29, 1.82) is 0 Å². The number of unbranched alkanes of at least 4 members (excludes halogenated alkanes) is 1. The van der Waals surface area contributed by atoms with Crippen LogP contribution in [-0.4, -0.2) is 50.1 Å². The first-order valence-corrected chi connectivity index (χ1v) is 8.91. The predicted molar refractivity (Wildman–Crippen MR) is 101 cm³/mol. The molecule has 28 heavy (non-hydrogen) atoms. The van der Waals surface area contributed by atoms with Crippen molar-refractivity contribution in [2.45, 2.75) is 12.8 Å². The lowest BCUT2D eigenvalue weighted by Crippen LogP contribution is -2.30. The molecule has 0 aromatic heterocycles. The third-order valence-electron chi connectivity index (χ3n) is 4.51. The number of methoxy groups -OCH3 is 2. The van der Waals surface area contributed by atoms with E-state index < -0.39 is 5.97 Å². The van der Waals surface area contributed by atoms with Gasteiger partial charge in [-0.2, -0.15) is 0 Å². The van der Waals surface area contributed by atoms with Crippen LogP contribution < -0.4 is 9.47 Å². The molecule has 0 aliphatic carbocycles. The van der Waals surface area contributed by atoms with Crippen LogP contribution in [0.2, 0.25) is 0 Å². The summed E-state index contributed by atoms with van der Waals surface area (Å²) in [6.45, 7) is 0.483. The monoisotopic (exact) mass is 383 g/mol. The number of esters is 1. The number of rotatable bonds is 8. The van der Waals surface area contributed by atoms with Crippen LogP contribution in [-0.2, 0) is 4.74 Å². The van der Waals surface area contributed by atoms with Gasteiger partial charge in [-0.15, -0.1) is 0 Å². The van der Waals surface area contributed by atoms with E-state index in [-0.39, 0.29) is 18.4 Å². The normalized spacial score (nSPS) is 12.7. The van der Waals surface area contributed by atoms with Crippen molar-refractivity contribution >= 4 is 17.8 Å². The summed E-state index contributed by atoms with van der Waals surface area (Å²) in [5.74, 6) is -0.0462. The van der Waals surface area contributed by atoms with E-state index in [2.05, 4.69) is 0 Å². The Kier molecular flexibility index (Phi) is 5.93. The first-order valence-electron chi connectivity index (χ1n) is 8.91. The highest BCUT2D eigenvalue weighted by atomic mass is 16.5. The van der Waals surface area contributed by atoms with Crippen molar-refractivity contribution in [2.24, 2.45) is 0 Å². The van der Waals surface area contributed by atoms with Crippen LogP contribution in [0.4, 0.5) is 0 Å². The number of hydrogen-bond acceptors (Lipinski definition) is 6.